The minimum Gasteiger partial charge on any atom is -0.375 e. The average Bonchev–Trinajstić information content (AvgIpc) is 3.90. The van der Waals surface area contributed by atoms with E-state index in [4.69, 9.17) is 0 Å². The largest absolute Gasteiger partial charge is 0.375 e. The summed E-state index contributed by atoms with van der Waals surface area (Å²) in [5.74, 6) is 0. The van der Waals surface area contributed by atoms with E-state index in [0.717, 1.165) is 11.4 Å². The van der Waals surface area contributed by atoms with Crippen LogP contribution in [0.5, 0.6) is 0 Å². The normalized spacial score (nSPS) is 13.6. The van der Waals surface area contributed by atoms with Gasteiger partial charge in [0.15, 0.2) is 0 Å². The first-order valence-corrected chi connectivity index (χ1v) is 24.3. The second-order valence-corrected chi connectivity index (χ2v) is 19.7. The highest BCUT2D eigenvalue weighted by Crippen LogP contribution is 2.53. The average molecular weight is 877 g/mol. The third-order valence-electron chi connectivity index (χ3n) is 16.1. The number of hydrogen-bond acceptors (Lipinski definition) is 2. The number of aromatic nitrogens is 2. The molecule has 12 aromatic rings. The number of hydrogen-bond donors (Lipinski definition) is 0. The lowest BCUT2D eigenvalue weighted by molar-refractivity contribution is 1.21. The lowest BCUT2D eigenvalue weighted by Gasteiger charge is -2.47. The van der Waals surface area contributed by atoms with Crippen LogP contribution in [0.2, 0.25) is 0 Å². The molecule has 0 N–H and O–H groups in total. The molecule has 0 bridgehead atoms. The first-order chi connectivity index (χ1) is 34.0. The lowest BCUT2D eigenvalue weighted by Crippen LogP contribution is -2.61. The highest BCUT2D eigenvalue weighted by Gasteiger charge is 2.50. The summed E-state index contributed by atoms with van der Waals surface area (Å²) < 4.78 is 5.40. The molecule has 6 heteroatoms. The summed E-state index contributed by atoms with van der Waals surface area (Å²) in [4.78, 5) is 5.27. The molecule has 4 aliphatic heterocycles. The molecular formula is C63H42B2N4. The molecule has 0 spiro atoms. The van der Waals surface area contributed by atoms with Gasteiger partial charge in [0.05, 0.1) is 11.4 Å². The number of nitrogens with zero attached hydrogens (tertiary/aromatic N) is 4. The van der Waals surface area contributed by atoms with Crippen LogP contribution in [0.4, 0.5) is 34.1 Å². The summed E-state index contributed by atoms with van der Waals surface area (Å²) >= 11 is 0. The topological polar surface area (TPSA) is 16.3 Å². The first kappa shape index (κ1) is 37.6. The number of aryl methyl sites for hydroxylation is 3. The van der Waals surface area contributed by atoms with Crippen LogP contribution in [-0.4, -0.2) is 22.7 Å². The van der Waals surface area contributed by atoms with Gasteiger partial charge in [0.25, 0.3) is 0 Å². The van der Waals surface area contributed by atoms with Crippen LogP contribution >= 0.6 is 0 Å². The minimum absolute atomic E-state index is 0.112. The number of anilines is 6. The molecule has 6 heterocycles. The van der Waals surface area contributed by atoms with Gasteiger partial charge in [-0.3, -0.25) is 0 Å². The Balaban J connectivity index is 1.13. The van der Waals surface area contributed by atoms with E-state index in [2.05, 4.69) is 240 Å². The van der Waals surface area contributed by atoms with Crippen LogP contribution in [0.25, 0.3) is 77.0 Å². The molecule has 320 valence electrons. The van der Waals surface area contributed by atoms with Gasteiger partial charge in [-0.15, -0.1) is 0 Å². The molecule has 0 fully saturated rings. The maximum atomic E-state index is 2.70. The smallest absolute Gasteiger partial charge is 0.333 e. The molecule has 0 aliphatic carbocycles. The summed E-state index contributed by atoms with van der Waals surface area (Å²) in [5.41, 5.74) is 29.1. The van der Waals surface area contributed by atoms with Gasteiger partial charge in [-0.2, -0.15) is 0 Å². The number of para-hydroxylation sites is 6. The molecule has 0 atom stereocenters. The fourth-order valence-electron chi connectivity index (χ4n) is 13.7. The third-order valence-corrected chi connectivity index (χ3v) is 16.1. The van der Waals surface area contributed by atoms with Gasteiger partial charge in [-0.25, -0.2) is 0 Å². The van der Waals surface area contributed by atoms with Crippen molar-refractivity contribution >= 4 is 113 Å². The number of rotatable bonds is 3. The predicted molar refractivity (Wildman–Crippen MR) is 293 cm³/mol. The maximum Gasteiger partial charge on any atom is 0.333 e. The van der Waals surface area contributed by atoms with Crippen molar-refractivity contribution < 1.29 is 0 Å². The molecule has 4 aliphatic rings. The van der Waals surface area contributed by atoms with Gasteiger partial charge in [-0.05, 0) is 125 Å². The molecule has 4 nitrogen and oxygen atoms in total. The van der Waals surface area contributed by atoms with Gasteiger partial charge >= 0.3 is 13.7 Å². The molecule has 0 unspecified atom stereocenters. The van der Waals surface area contributed by atoms with Gasteiger partial charge in [-0.1, -0.05) is 157 Å². The van der Waals surface area contributed by atoms with Crippen molar-refractivity contribution in [3.63, 3.8) is 0 Å². The summed E-state index contributed by atoms with van der Waals surface area (Å²) in [6.07, 6.45) is 0. The summed E-state index contributed by atoms with van der Waals surface area (Å²) in [5, 5.41) is 5.18. The monoisotopic (exact) mass is 876 g/mol. The van der Waals surface area contributed by atoms with E-state index in [1.807, 2.05) is 0 Å². The fourth-order valence-corrected chi connectivity index (χ4v) is 13.7. The van der Waals surface area contributed by atoms with Crippen LogP contribution in [0.1, 0.15) is 16.7 Å². The molecule has 2 aromatic heterocycles. The van der Waals surface area contributed by atoms with Crippen LogP contribution < -0.4 is 31.7 Å². The standard InChI is InChI=1S/C63H42B2N4/c1-37-33-38(2)57(39(3)34-37)40-31-32-51-56(35-40)67(42-19-8-5-9-20-42)63-59-50(49-27-15-25-47-44-22-10-12-28-53(44)68(61(47)49)64(51)59)36-52-62(63)66(41-17-6-4-7-18-41)55-30-16-23-45-48-26-14-24-46-43-21-11-13-29-54(43)69(60(46)48)65(52)58(45)55/h4-36H,1-3H3. The fraction of sp³-hybridized carbons (Fsp3) is 0.0476. The van der Waals surface area contributed by atoms with Crippen LogP contribution in [-0.2, 0) is 0 Å². The third kappa shape index (κ3) is 4.71. The summed E-state index contributed by atoms with van der Waals surface area (Å²) in [7, 11) is 0. The zero-order valence-corrected chi connectivity index (χ0v) is 38.5. The van der Waals surface area contributed by atoms with Crippen molar-refractivity contribution in [2.45, 2.75) is 20.8 Å². The highest BCUT2D eigenvalue weighted by molar-refractivity contribution is 6.93. The maximum absolute atomic E-state index is 2.70. The van der Waals surface area contributed by atoms with Crippen molar-refractivity contribution in [3.05, 3.63) is 217 Å². The minimum atomic E-state index is -0.113. The Bertz CT molecular complexity index is 4240. The van der Waals surface area contributed by atoms with E-state index in [0.29, 0.717) is 0 Å². The lowest BCUT2D eigenvalue weighted by atomic mass is 9.41. The SMILES string of the molecule is Cc1cc(C)c(-c2ccc3c(c2)N(c2ccccc2)c2c4c(cc5c2N(c2ccccc2)c2cccc6c2B5n2c5ccccc5c5cccc-6c52)-c2cccc5c6ccccc6n(c25)B34)c(C)c1. The Labute approximate surface area is 401 Å². The van der Waals surface area contributed by atoms with Gasteiger partial charge < -0.3 is 18.8 Å². The van der Waals surface area contributed by atoms with Crippen molar-refractivity contribution in [3.8, 4) is 33.4 Å². The van der Waals surface area contributed by atoms with Gasteiger partial charge in [0.1, 0.15) is 0 Å². The second-order valence-electron chi connectivity index (χ2n) is 19.7. The van der Waals surface area contributed by atoms with Crippen molar-refractivity contribution in [2.24, 2.45) is 0 Å². The second kappa shape index (κ2) is 13.4. The zero-order chi connectivity index (χ0) is 45.4. The van der Waals surface area contributed by atoms with E-state index in [9.17, 15) is 0 Å². The Morgan fingerprint density at radius 3 is 1.52 bits per heavy atom. The van der Waals surface area contributed by atoms with E-state index in [-0.39, 0.29) is 13.7 Å². The van der Waals surface area contributed by atoms with Crippen molar-refractivity contribution in [1.82, 2.24) is 8.96 Å². The zero-order valence-electron chi connectivity index (χ0n) is 38.5. The van der Waals surface area contributed by atoms with Crippen molar-refractivity contribution in [1.29, 1.82) is 0 Å². The van der Waals surface area contributed by atoms with E-state index < -0.39 is 0 Å². The summed E-state index contributed by atoms with van der Waals surface area (Å²) in [6, 6.07) is 76.2. The Morgan fingerprint density at radius 1 is 0.362 bits per heavy atom. The summed E-state index contributed by atoms with van der Waals surface area (Å²) in [6.45, 7) is 6.53. The van der Waals surface area contributed by atoms with Crippen LogP contribution in [0, 0.1) is 20.8 Å². The first-order valence-electron chi connectivity index (χ1n) is 24.3. The van der Waals surface area contributed by atoms with E-state index in [1.165, 1.54) is 138 Å². The molecule has 0 saturated heterocycles. The molecule has 0 saturated carbocycles. The van der Waals surface area contributed by atoms with Crippen molar-refractivity contribution in [2.75, 3.05) is 9.80 Å². The molecule has 10 aromatic carbocycles. The number of benzene rings is 10. The van der Waals surface area contributed by atoms with Crippen LogP contribution in [0.15, 0.2) is 200 Å². The molecule has 0 radical (unpaired) electrons. The van der Waals surface area contributed by atoms with E-state index >= 15 is 0 Å². The predicted octanol–water partition coefficient (Wildman–Crippen LogP) is 13.3. The molecular weight excluding hydrogens is 834 g/mol. The van der Waals surface area contributed by atoms with Gasteiger partial charge in [0, 0.05) is 77.5 Å². The Morgan fingerprint density at radius 2 is 0.884 bits per heavy atom. The Hall–Kier alpha value is -8.47. The quantitative estimate of drug-likeness (QED) is 0.164. The molecule has 16 rings (SSSR count). The van der Waals surface area contributed by atoms with E-state index in [1.54, 1.807) is 0 Å². The number of fused-ring (bicyclic) bond motifs is 15. The van der Waals surface area contributed by atoms with Crippen LogP contribution in [0.3, 0.4) is 0 Å². The molecule has 69 heavy (non-hydrogen) atoms. The highest BCUT2D eigenvalue weighted by atomic mass is 15.2. The Kier molecular flexibility index (Phi) is 7.28. The van der Waals surface area contributed by atoms with Gasteiger partial charge in [0.2, 0.25) is 0 Å². The molecule has 0 amide bonds.